The summed E-state index contributed by atoms with van der Waals surface area (Å²) in [5.41, 5.74) is -0.231. The first-order valence-electron chi connectivity index (χ1n) is 8.14. The summed E-state index contributed by atoms with van der Waals surface area (Å²) in [7, 11) is 0. The summed E-state index contributed by atoms with van der Waals surface area (Å²) in [5.74, 6) is -0.996. The van der Waals surface area contributed by atoms with Gasteiger partial charge in [-0.15, -0.1) is 0 Å². The zero-order valence-electron chi connectivity index (χ0n) is 13.9. The highest BCUT2D eigenvalue weighted by Crippen LogP contribution is 2.14. The number of amides is 1. The van der Waals surface area contributed by atoms with Gasteiger partial charge in [0.15, 0.2) is 12.3 Å². The van der Waals surface area contributed by atoms with E-state index in [1.165, 1.54) is 4.68 Å². The van der Waals surface area contributed by atoms with Gasteiger partial charge in [0.1, 0.15) is 0 Å². The lowest BCUT2D eigenvalue weighted by Crippen LogP contribution is -2.42. The maximum atomic E-state index is 12.4. The van der Waals surface area contributed by atoms with Gasteiger partial charge in [-0.1, -0.05) is 18.2 Å². The lowest BCUT2D eigenvalue weighted by Gasteiger charge is -2.26. The lowest BCUT2D eigenvalue weighted by atomic mass is 10.1. The molecule has 8 nitrogen and oxygen atoms in total. The molecule has 1 saturated heterocycles. The highest BCUT2D eigenvalue weighted by molar-refractivity contribution is 6.02. The minimum absolute atomic E-state index is 0.0341. The van der Waals surface area contributed by atoms with E-state index in [4.69, 9.17) is 9.47 Å². The molecular weight excluding hydrogens is 326 g/mol. The average molecular weight is 345 g/mol. The van der Waals surface area contributed by atoms with Crippen molar-refractivity contribution >= 4 is 22.6 Å². The number of hydrogen-bond donors (Lipinski definition) is 0. The Morgan fingerprint density at radius 2 is 1.88 bits per heavy atom. The molecule has 2 aromatic rings. The second-order valence-electron chi connectivity index (χ2n) is 5.58. The summed E-state index contributed by atoms with van der Waals surface area (Å²) in [6.07, 6.45) is 0. The first-order chi connectivity index (χ1) is 12.1. The Morgan fingerprint density at radius 1 is 1.20 bits per heavy atom. The first-order valence-corrected chi connectivity index (χ1v) is 8.14. The van der Waals surface area contributed by atoms with Crippen LogP contribution in [0.1, 0.15) is 17.4 Å². The van der Waals surface area contributed by atoms with Crippen molar-refractivity contribution < 1.29 is 19.1 Å². The molecule has 1 aromatic carbocycles. The van der Waals surface area contributed by atoms with Gasteiger partial charge in [-0.25, -0.2) is 9.48 Å². The van der Waals surface area contributed by atoms with E-state index >= 15 is 0 Å². The molecular formula is C17H19N3O5. The largest absolute Gasteiger partial charge is 0.451 e. The number of fused-ring (bicyclic) bond motifs is 1. The molecule has 0 radical (unpaired) electrons. The Morgan fingerprint density at radius 3 is 2.56 bits per heavy atom. The summed E-state index contributed by atoms with van der Waals surface area (Å²) in [6, 6.07) is 6.72. The SMILES string of the molecule is CCn1nc(C(=O)OCC(=O)N2CCOCC2)c2ccccc2c1=O. The van der Waals surface area contributed by atoms with Crippen LogP contribution >= 0.6 is 0 Å². The second-order valence-corrected chi connectivity index (χ2v) is 5.58. The van der Waals surface area contributed by atoms with Gasteiger partial charge < -0.3 is 14.4 Å². The molecule has 1 aliphatic heterocycles. The maximum absolute atomic E-state index is 12.4. The van der Waals surface area contributed by atoms with E-state index < -0.39 is 5.97 Å². The van der Waals surface area contributed by atoms with Crippen LogP contribution in [0.15, 0.2) is 29.1 Å². The number of aromatic nitrogens is 2. The first kappa shape index (κ1) is 17.1. The number of carbonyl (C=O) groups excluding carboxylic acids is 2. The van der Waals surface area contributed by atoms with Crippen LogP contribution < -0.4 is 5.56 Å². The van der Waals surface area contributed by atoms with Gasteiger partial charge in [-0.3, -0.25) is 9.59 Å². The molecule has 2 heterocycles. The molecule has 0 spiro atoms. The van der Waals surface area contributed by atoms with Gasteiger partial charge in [0.25, 0.3) is 11.5 Å². The fraction of sp³-hybridized carbons (Fsp3) is 0.412. The Hall–Kier alpha value is -2.74. The minimum atomic E-state index is -0.722. The van der Waals surface area contributed by atoms with Crippen LogP contribution in [0.3, 0.4) is 0 Å². The smallest absolute Gasteiger partial charge is 0.359 e. The summed E-state index contributed by atoms with van der Waals surface area (Å²) < 4.78 is 11.5. The highest BCUT2D eigenvalue weighted by Gasteiger charge is 2.21. The average Bonchev–Trinajstić information content (AvgIpc) is 2.67. The van der Waals surface area contributed by atoms with Crippen LogP contribution in [0, 0.1) is 0 Å². The second kappa shape index (κ2) is 7.43. The van der Waals surface area contributed by atoms with Crippen molar-refractivity contribution in [2.24, 2.45) is 0 Å². The van der Waals surface area contributed by atoms with E-state index in [1.54, 1.807) is 36.1 Å². The van der Waals surface area contributed by atoms with E-state index in [0.29, 0.717) is 43.6 Å². The van der Waals surface area contributed by atoms with Gasteiger partial charge in [0.2, 0.25) is 0 Å². The highest BCUT2D eigenvalue weighted by atomic mass is 16.5. The Kier molecular flexibility index (Phi) is 5.08. The number of carbonyl (C=O) groups is 2. The summed E-state index contributed by atoms with van der Waals surface area (Å²) in [6.45, 7) is 3.66. The third-order valence-corrected chi connectivity index (χ3v) is 4.05. The van der Waals surface area contributed by atoms with Gasteiger partial charge >= 0.3 is 5.97 Å². The Bertz CT molecular complexity index is 855. The predicted molar refractivity (Wildman–Crippen MR) is 89.4 cm³/mol. The third kappa shape index (κ3) is 3.53. The lowest BCUT2D eigenvalue weighted by molar-refractivity contribution is -0.138. The van der Waals surface area contributed by atoms with Crippen LogP contribution in [-0.4, -0.2) is 59.5 Å². The molecule has 132 valence electrons. The number of esters is 1. The van der Waals surface area contributed by atoms with Crippen molar-refractivity contribution in [3.05, 3.63) is 40.3 Å². The number of morpholine rings is 1. The van der Waals surface area contributed by atoms with Crippen LogP contribution in [0.2, 0.25) is 0 Å². The van der Waals surface area contributed by atoms with Crippen molar-refractivity contribution in [3.8, 4) is 0 Å². The zero-order chi connectivity index (χ0) is 17.8. The molecule has 1 amide bonds. The summed E-state index contributed by atoms with van der Waals surface area (Å²) in [5, 5.41) is 4.91. The van der Waals surface area contributed by atoms with Crippen molar-refractivity contribution in [2.45, 2.75) is 13.5 Å². The summed E-state index contributed by atoms with van der Waals surface area (Å²) in [4.78, 5) is 38.4. The molecule has 3 rings (SSSR count). The standard InChI is InChI=1S/C17H19N3O5/c1-2-20-16(22)13-6-4-3-5-12(13)15(18-20)17(23)25-11-14(21)19-7-9-24-10-8-19/h3-6H,2,7-11H2,1H3. The molecule has 0 bridgehead atoms. The van der Waals surface area contributed by atoms with E-state index in [-0.39, 0.29) is 23.8 Å². The van der Waals surface area contributed by atoms with Crippen LogP contribution in [-0.2, 0) is 20.8 Å². The van der Waals surface area contributed by atoms with E-state index in [1.807, 2.05) is 0 Å². The predicted octanol–water partition coefficient (Wildman–Crippen LogP) is 0.432. The van der Waals surface area contributed by atoms with Gasteiger partial charge in [0, 0.05) is 25.0 Å². The molecule has 0 aliphatic carbocycles. The van der Waals surface area contributed by atoms with E-state index in [2.05, 4.69) is 5.10 Å². The maximum Gasteiger partial charge on any atom is 0.359 e. The van der Waals surface area contributed by atoms with Crippen molar-refractivity contribution in [2.75, 3.05) is 32.9 Å². The van der Waals surface area contributed by atoms with Crippen LogP contribution in [0.4, 0.5) is 0 Å². The summed E-state index contributed by atoms with van der Waals surface area (Å²) >= 11 is 0. The normalized spacial score (nSPS) is 14.5. The molecule has 25 heavy (non-hydrogen) atoms. The molecule has 0 atom stereocenters. The molecule has 1 aliphatic rings. The molecule has 1 aromatic heterocycles. The van der Waals surface area contributed by atoms with Gasteiger partial charge in [-0.2, -0.15) is 5.10 Å². The molecule has 0 N–H and O–H groups in total. The van der Waals surface area contributed by atoms with E-state index in [9.17, 15) is 14.4 Å². The topological polar surface area (TPSA) is 90.7 Å². The number of nitrogens with zero attached hydrogens (tertiary/aromatic N) is 3. The van der Waals surface area contributed by atoms with Crippen LogP contribution in [0.25, 0.3) is 10.8 Å². The van der Waals surface area contributed by atoms with Crippen molar-refractivity contribution in [1.82, 2.24) is 14.7 Å². The zero-order valence-corrected chi connectivity index (χ0v) is 13.9. The monoisotopic (exact) mass is 345 g/mol. The number of aryl methyl sites for hydroxylation is 1. The Balaban J connectivity index is 1.81. The molecule has 0 saturated carbocycles. The quantitative estimate of drug-likeness (QED) is 0.747. The van der Waals surface area contributed by atoms with Crippen molar-refractivity contribution in [3.63, 3.8) is 0 Å². The van der Waals surface area contributed by atoms with Gasteiger partial charge in [0.05, 0.1) is 18.6 Å². The van der Waals surface area contributed by atoms with Gasteiger partial charge in [-0.05, 0) is 13.0 Å². The molecule has 0 unspecified atom stereocenters. The van der Waals surface area contributed by atoms with Crippen molar-refractivity contribution in [1.29, 1.82) is 0 Å². The Labute approximate surface area is 143 Å². The minimum Gasteiger partial charge on any atom is -0.451 e. The van der Waals surface area contributed by atoms with Crippen LogP contribution in [0.5, 0.6) is 0 Å². The third-order valence-electron chi connectivity index (χ3n) is 4.05. The molecule has 8 heteroatoms. The number of rotatable bonds is 4. The fourth-order valence-corrected chi connectivity index (χ4v) is 2.70. The molecule has 1 fully saturated rings. The number of ether oxygens (including phenoxy) is 2. The van der Waals surface area contributed by atoms with E-state index in [0.717, 1.165) is 0 Å². The number of hydrogen-bond acceptors (Lipinski definition) is 6. The fourth-order valence-electron chi connectivity index (χ4n) is 2.70. The number of benzene rings is 1.